The van der Waals surface area contributed by atoms with Crippen LogP contribution in [0.1, 0.15) is 114 Å². The molecule has 0 amide bonds. The summed E-state index contributed by atoms with van der Waals surface area (Å²) in [6.07, 6.45) is 12.6. The molecule has 32 heavy (non-hydrogen) atoms. The lowest BCUT2D eigenvalue weighted by molar-refractivity contribution is 0.0966. The molecule has 1 aliphatic rings. The lowest BCUT2D eigenvalue weighted by Gasteiger charge is -2.23. The molecule has 2 aromatic rings. The van der Waals surface area contributed by atoms with Gasteiger partial charge in [-0.05, 0) is 30.9 Å². The predicted octanol–water partition coefficient (Wildman–Crippen LogP) is 4.62. The maximum atomic E-state index is 13.4. The van der Waals surface area contributed by atoms with Gasteiger partial charge in [-0.3, -0.25) is 19.2 Å². The molecule has 0 bridgehead atoms. The number of hydrogen-bond acceptors (Lipinski definition) is 4. The molecule has 6 heteroatoms. The molecule has 3 rings (SSSR count). The first-order valence-electron chi connectivity index (χ1n) is 11.9. The smallest absolute Gasteiger partial charge is 0.251 e. The standard InChI is InChI=1S/C26H34N2O4/c1-4-5-6-7-8-9-10-11-12-13-14-18-16-20(30)28(3)24-22(18)25(31)21-17(2)15-19(29)27-23(21)26(24)32/h15-16H,4-14H2,1-3H3,(H,27,29). The number of nitrogens with one attached hydrogen (secondary N) is 1. The highest BCUT2D eigenvalue weighted by atomic mass is 16.2. The fraction of sp³-hybridized carbons (Fsp3) is 0.538. The van der Waals surface area contributed by atoms with E-state index in [4.69, 9.17) is 0 Å². The number of carbonyl (C=O) groups excluding carboxylic acids is 2. The van der Waals surface area contributed by atoms with Crippen LogP contribution in [0.25, 0.3) is 0 Å². The average Bonchev–Trinajstić information content (AvgIpc) is 2.75. The quantitative estimate of drug-likeness (QED) is 0.442. The van der Waals surface area contributed by atoms with Gasteiger partial charge in [-0.1, -0.05) is 64.7 Å². The van der Waals surface area contributed by atoms with E-state index in [1.807, 2.05) is 0 Å². The summed E-state index contributed by atoms with van der Waals surface area (Å²) in [4.78, 5) is 53.4. The van der Waals surface area contributed by atoms with Crippen molar-refractivity contribution in [2.75, 3.05) is 0 Å². The Morgan fingerprint density at radius 1 is 0.781 bits per heavy atom. The molecule has 0 radical (unpaired) electrons. The van der Waals surface area contributed by atoms with E-state index in [0.717, 1.165) is 19.3 Å². The van der Waals surface area contributed by atoms with Crippen molar-refractivity contribution in [2.45, 2.75) is 84.5 Å². The minimum atomic E-state index is -0.472. The van der Waals surface area contributed by atoms with Crippen LogP contribution in [-0.4, -0.2) is 21.1 Å². The molecule has 0 saturated heterocycles. The highest BCUT2D eigenvalue weighted by molar-refractivity contribution is 6.28. The number of pyridine rings is 2. The zero-order valence-corrected chi connectivity index (χ0v) is 19.5. The van der Waals surface area contributed by atoms with Crippen LogP contribution in [0.3, 0.4) is 0 Å². The average molecular weight is 439 g/mol. The van der Waals surface area contributed by atoms with E-state index in [-0.39, 0.29) is 28.3 Å². The number of ketones is 2. The lowest BCUT2D eigenvalue weighted by Crippen LogP contribution is -2.35. The van der Waals surface area contributed by atoms with Gasteiger partial charge in [0, 0.05) is 19.2 Å². The summed E-state index contributed by atoms with van der Waals surface area (Å²) in [5.41, 5.74) is 0.990. The van der Waals surface area contributed by atoms with Crippen LogP contribution in [0, 0.1) is 6.92 Å². The lowest BCUT2D eigenvalue weighted by atomic mass is 9.84. The fourth-order valence-corrected chi connectivity index (χ4v) is 4.66. The predicted molar refractivity (Wildman–Crippen MR) is 126 cm³/mol. The topological polar surface area (TPSA) is 89.0 Å². The number of H-pyrrole nitrogens is 1. The number of rotatable bonds is 11. The summed E-state index contributed by atoms with van der Waals surface area (Å²) in [6.45, 7) is 3.89. The molecule has 0 saturated carbocycles. The summed E-state index contributed by atoms with van der Waals surface area (Å²) in [5, 5.41) is 0. The molecule has 0 spiro atoms. The van der Waals surface area contributed by atoms with E-state index < -0.39 is 11.3 Å². The van der Waals surface area contributed by atoms with Crippen molar-refractivity contribution in [1.82, 2.24) is 9.55 Å². The molecule has 0 fully saturated rings. The molecule has 0 atom stereocenters. The van der Waals surface area contributed by atoms with Crippen molar-refractivity contribution in [1.29, 1.82) is 0 Å². The minimum Gasteiger partial charge on any atom is -0.318 e. The van der Waals surface area contributed by atoms with E-state index in [9.17, 15) is 19.2 Å². The Kier molecular flexibility index (Phi) is 7.99. The number of aryl methyl sites for hydroxylation is 2. The fourth-order valence-electron chi connectivity index (χ4n) is 4.66. The maximum Gasteiger partial charge on any atom is 0.251 e. The Labute approximate surface area is 189 Å². The normalized spacial score (nSPS) is 12.7. The highest BCUT2D eigenvalue weighted by Gasteiger charge is 2.36. The Hall–Kier alpha value is -2.76. The zero-order chi connectivity index (χ0) is 23.3. The molecule has 6 nitrogen and oxygen atoms in total. The van der Waals surface area contributed by atoms with Gasteiger partial charge in [0.2, 0.25) is 11.3 Å². The van der Waals surface area contributed by atoms with Crippen LogP contribution in [0.4, 0.5) is 0 Å². The van der Waals surface area contributed by atoms with Crippen molar-refractivity contribution < 1.29 is 9.59 Å². The molecule has 0 unspecified atom stereocenters. The van der Waals surface area contributed by atoms with Crippen LogP contribution in [0.5, 0.6) is 0 Å². The van der Waals surface area contributed by atoms with Gasteiger partial charge in [0.05, 0.1) is 11.1 Å². The molecule has 172 valence electrons. The Bertz CT molecular complexity index is 1120. The number of aromatic amines is 1. The van der Waals surface area contributed by atoms with Gasteiger partial charge in [0.25, 0.3) is 5.56 Å². The second kappa shape index (κ2) is 10.7. The minimum absolute atomic E-state index is 0.0152. The van der Waals surface area contributed by atoms with Crippen molar-refractivity contribution in [3.63, 3.8) is 0 Å². The second-order valence-electron chi connectivity index (χ2n) is 8.95. The number of aromatic nitrogens is 2. The Morgan fingerprint density at radius 3 is 2.00 bits per heavy atom. The summed E-state index contributed by atoms with van der Waals surface area (Å²) in [6, 6.07) is 2.82. The van der Waals surface area contributed by atoms with Crippen LogP contribution in [0.15, 0.2) is 21.7 Å². The van der Waals surface area contributed by atoms with E-state index in [1.165, 1.54) is 68.7 Å². The molecule has 0 aromatic carbocycles. The molecule has 1 aliphatic carbocycles. The van der Waals surface area contributed by atoms with E-state index >= 15 is 0 Å². The third-order valence-electron chi connectivity index (χ3n) is 6.46. The van der Waals surface area contributed by atoms with Gasteiger partial charge < -0.3 is 9.55 Å². The summed E-state index contributed by atoms with van der Waals surface area (Å²) in [5.74, 6) is -0.763. The number of unbranched alkanes of at least 4 members (excludes halogenated alkanes) is 9. The molecule has 2 heterocycles. The van der Waals surface area contributed by atoms with Gasteiger partial charge in [-0.25, -0.2) is 0 Å². The third kappa shape index (κ3) is 5.00. The Morgan fingerprint density at radius 2 is 1.38 bits per heavy atom. The van der Waals surface area contributed by atoms with Crippen LogP contribution in [0.2, 0.25) is 0 Å². The van der Waals surface area contributed by atoms with Crippen LogP contribution >= 0.6 is 0 Å². The van der Waals surface area contributed by atoms with Crippen molar-refractivity contribution in [3.8, 4) is 0 Å². The maximum absolute atomic E-state index is 13.4. The Balaban J connectivity index is 1.72. The molecule has 2 aromatic heterocycles. The zero-order valence-electron chi connectivity index (χ0n) is 19.5. The monoisotopic (exact) mass is 438 g/mol. The largest absolute Gasteiger partial charge is 0.318 e. The summed E-state index contributed by atoms with van der Waals surface area (Å²) >= 11 is 0. The summed E-state index contributed by atoms with van der Waals surface area (Å²) < 4.78 is 1.22. The van der Waals surface area contributed by atoms with Gasteiger partial charge >= 0.3 is 0 Å². The first-order chi connectivity index (χ1) is 15.4. The van der Waals surface area contributed by atoms with Crippen LogP contribution < -0.4 is 11.1 Å². The molecule has 1 N–H and O–H groups in total. The number of carbonyl (C=O) groups is 2. The van der Waals surface area contributed by atoms with Gasteiger partial charge in [0.15, 0.2) is 5.78 Å². The van der Waals surface area contributed by atoms with E-state index in [0.29, 0.717) is 23.1 Å². The van der Waals surface area contributed by atoms with Gasteiger partial charge in [0.1, 0.15) is 11.4 Å². The number of hydrogen-bond donors (Lipinski definition) is 1. The third-order valence-corrected chi connectivity index (χ3v) is 6.46. The number of fused-ring (bicyclic) bond motifs is 2. The second-order valence-corrected chi connectivity index (χ2v) is 8.95. The van der Waals surface area contributed by atoms with Gasteiger partial charge in [-0.15, -0.1) is 0 Å². The van der Waals surface area contributed by atoms with Crippen molar-refractivity contribution in [2.24, 2.45) is 7.05 Å². The molecule has 0 aliphatic heterocycles. The van der Waals surface area contributed by atoms with Crippen LogP contribution in [-0.2, 0) is 13.5 Å². The first-order valence-corrected chi connectivity index (χ1v) is 11.9. The molecular formula is C26H34N2O4. The number of nitrogens with zero attached hydrogens (tertiary/aromatic N) is 1. The SMILES string of the molecule is CCCCCCCCCCCCc1cc(=O)n(C)c2c1C(=O)c1c(C)cc(=O)[nH]c1C2=O. The first kappa shape index (κ1) is 23.9. The highest BCUT2D eigenvalue weighted by Crippen LogP contribution is 2.29. The van der Waals surface area contributed by atoms with E-state index in [1.54, 1.807) is 6.92 Å². The van der Waals surface area contributed by atoms with Crippen molar-refractivity contribution in [3.05, 3.63) is 66.5 Å². The van der Waals surface area contributed by atoms with Gasteiger partial charge in [-0.2, -0.15) is 0 Å². The van der Waals surface area contributed by atoms with Crippen molar-refractivity contribution >= 4 is 11.6 Å². The summed E-state index contributed by atoms with van der Waals surface area (Å²) in [7, 11) is 1.50. The molecular weight excluding hydrogens is 404 g/mol. The van der Waals surface area contributed by atoms with E-state index in [2.05, 4.69) is 11.9 Å².